The highest BCUT2D eigenvalue weighted by Crippen LogP contribution is 2.22. The zero-order chi connectivity index (χ0) is 13.3. The van der Waals surface area contributed by atoms with Crippen LogP contribution in [0.15, 0.2) is 18.2 Å². The molecule has 1 heterocycles. The molecule has 6 heteroatoms. The molecule has 1 aliphatic heterocycles. The first kappa shape index (κ1) is 11.8. The lowest BCUT2D eigenvalue weighted by atomic mass is 10.1. The number of nitro benzene ring substituents is 1. The third kappa shape index (κ3) is 1.82. The van der Waals surface area contributed by atoms with Gasteiger partial charge in [0.25, 0.3) is 11.6 Å². The lowest BCUT2D eigenvalue weighted by Gasteiger charge is -2.28. The molecule has 1 aromatic rings. The average molecular weight is 244 g/mol. The Morgan fingerprint density at radius 1 is 1.50 bits per heavy atom. The summed E-state index contributed by atoms with van der Waals surface area (Å²) in [4.78, 5) is 34.2. The standard InChI is InChI=1S/C12H8N2O4/c1-2-8-3-4-9(7-10(8)14(17)18)12(16)13-6-5-11(13)15/h1,3-4,7H,5-6H2. The van der Waals surface area contributed by atoms with E-state index >= 15 is 0 Å². The number of imide groups is 1. The Morgan fingerprint density at radius 2 is 2.22 bits per heavy atom. The molecule has 1 fully saturated rings. The molecular weight excluding hydrogens is 236 g/mol. The summed E-state index contributed by atoms with van der Waals surface area (Å²) in [6, 6.07) is 3.81. The summed E-state index contributed by atoms with van der Waals surface area (Å²) in [5.74, 6) is 1.37. The van der Waals surface area contributed by atoms with E-state index in [1.165, 1.54) is 12.1 Å². The molecule has 1 aliphatic rings. The number of β-lactam (4-membered cyclic amide) rings is 1. The number of carbonyl (C=O) groups excluding carboxylic acids is 2. The minimum absolute atomic E-state index is 0.0914. The zero-order valence-electron chi connectivity index (χ0n) is 9.25. The van der Waals surface area contributed by atoms with E-state index in [9.17, 15) is 19.7 Å². The van der Waals surface area contributed by atoms with Crippen molar-refractivity contribution in [3.63, 3.8) is 0 Å². The number of carbonyl (C=O) groups is 2. The van der Waals surface area contributed by atoms with E-state index in [4.69, 9.17) is 6.42 Å². The monoisotopic (exact) mass is 244 g/mol. The van der Waals surface area contributed by atoms with Gasteiger partial charge >= 0.3 is 0 Å². The molecule has 18 heavy (non-hydrogen) atoms. The molecule has 2 rings (SSSR count). The minimum atomic E-state index is -0.649. The van der Waals surface area contributed by atoms with Crippen LogP contribution in [-0.2, 0) is 4.79 Å². The number of likely N-dealkylation sites (tertiary alicyclic amines) is 1. The third-order valence-corrected chi connectivity index (χ3v) is 2.69. The molecule has 2 amide bonds. The highest BCUT2D eigenvalue weighted by atomic mass is 16.6. The van der Waals surface area contributed by atoms with E-state index in [1.54, 1.807) is 0 Å². The second-order valence-corrected chi connectivity index (χ2v) is 3.73. The molecule has 1 aromatic carbocycles. The maximum atomic E-state index is 11.8. The number of terminal acetylenes is 1. The van der Waals surface area contributed by atoms with Crippen molar-refractivity contribution < 1.29 is 14.5 Å². The highest BCUT2D eigenvalue weighted by molar-refractivity contribution is 6.07. The molecule has 0 aliphatic carbocycles. The summed E-state index contributed by atoms with van der Waals surface area (Å²) in [6.45, 7) is 0.350. The van der Waals surface area contributed by atoms with Crippen molar-refractivity contribution in [3.05, 3.63) is 39.4 Å². The van der Waals surface area contributed by atoms with Crippen LogP contribution in [0.1, 0.15) is 22.3 Å². The summed E-state index contributed by atoms with van der Waals surface area (Å²) in [6.07, 6.45) is 5.46. The normalized spacial score (nSPS) is 13.7. The fraction of sp³-hybridized carbons (Fsp3) is 0.167. The first-order chi connectivity index (χ1) is 8.54. The maximum absolute atomic E-state index is 11.8. The van der Waals surface area contributed by atoms with Crippen molar-refractivity contribution >= 4 is 17.5 Å². The second kappa shape index (κ2) is 4.30. The van der Waals surface area contributed by atoms with Gasteiger partial charge in [-0.1, -0.05) is 5.92 Å². The first-order valence-electron chi connectivity index (χ1n) is 5.14. The average Bonchev–Trinajstić information content (AvgIpc) is 2.35. The zero-order valence-corrected chi connectivity index (χ0v) is 9.25. The van der Waals surface area contributed by atoms with Gasteiger partial charge in [-0.25, -0.2) is 0 Å². The van der Waals surface area contributed by atoms with Crippen LogP contribution < -0.4 is 0 Å². The second-order valence-electron chi connectivity index (χ2n) is 3.73. The molecule has 0 unspecified atom stereocenters. The van der Waals surface area contributed by atoms with Gasteiger partial charge in [0.15, 0.2) is 0 Å². The largest absolute Gasteiger partial charge is 0.285 e. The Morgan fingerprint density at radius 3 is 2.67 bits per heavy atom. The number of benzene rings is 1. The predicted octanol–water partition coefficient (Wildman–Crippen LogP) is 0.949. The van der Waals surface area contributed by atoms with Crippen molar-refractivity contribution in [2.24, 2.45) is 0 Å². The summed E-state index contributed by atoms with van der Waals surface area (Å²) in [7, 11) is 0. The minimum Gasteiger partial charge on any atom is -0.278 e. The van der Waals surface area contributed by atoms with E-state index in [0.29, 0.717) is 13.0 Å². The van der Waals surface area contributed by atoms with Crippen LogP contribution in [0, 0.1) is 22.5 Å². The van der Waals surface area contributed by atoms with E-state index < -0.39 is 10.8 Å². The molecule has 1 saturated heterocycles. The molecule has 0 saturated carbocycles. The summed E-state index contributed by atoms with van der Waals surface area (Å²) >= 11 is 0. The van der Waals surface area contributed by atoms with E-state index in [1.807, 2.05) is 0 Å². The summed E-state index contributed by atoms with van der Waals surface area (Å²) in [5, 5.41) is 10.8. The van der Waals surface area contributed by atoms with Gasteiger partial charge in [0.2, 0.25) is 5.91 Å². The van der Waals surface area contributed by atoms with Crippen molar-refractivity contribution in [2.45, 2.75) is 6.42 Å². The smallest absolute Gasteiger partial charge is 0.278 e. The van der Waals surface area contributed by atoms with Gasteiger partial charge in [0.05, 0.1) is 4.92 Å². The Labute approximate surface area is 102 Å². The Kier molecular flexibility index (Phi) is 2.81. The van der Waals surface area contributed by atoms with Crippen LogP contribution in [-0.4, -0.2) is 28.2 Å². The van der Waals surface area contributed by atoms with Crippen molar-refractivity contribution in [2.75, 3.05) is 6.54 Å². The number of rotatable bonds is 2. The molecule has 0 spiro atoms. The SMILES string of the molecule is C#Cc1ccc(C(=O)N2CCC2=O)cc1[N+](=O)[O-]. The molecular formula is C12H8N2O4. The van der Waals surface area contributed by atoms with Crippen molar-refractivity contribution in [3.8, 4) is 12.3 Å². The molecule has 6 nitrogen and oxygen atoms in total. The van der Waals surface area contributed by atoms with Gasteiger partial charge < -0.3 is 0 Å². The quantitative estimate of drug-likeness (QED) is 0.255. The molecule has 90 valence electrons. The van der Waals surface area contributed by atoms with Crippen LogP contribution in [0.4, 0.5) is 5.69 Å². The fourth-order valence-electron chi connectivity index (χ4n) is 1.62. The van der Waals surface area contributed by atoms with Crippen molar-refractivity contribution in [1.82, 2.24) is 4.90 Å². The van der Waals surface area contributed by atoms with Crippen LogP contribution >= 0.6 is 0 Å². The molecule has 0 aromatic heterocycles. The number of amides is 2. The maximum Gasteiger partial charge on any atom is 0.285 e. The topological polar surface area (TPSA) is 80.5 Å². The van der Waals surface area contributed by atoms with E-state index in [-0.39, 0.29) is 22.7 Å². The van der Waals surface area contributed by atoms with Crippen molar-refractivity contribution in [1.29, 1.82) is 0 Å². The van der Waals surface area contributed by atoms with E-state index in [0.717, 1.165) is 11.0 Å². The summed E-state index contributed by atoms with van der Waals surface area (Å²) < 4.78 is 0. The molecule has 0 atom stereocenters. The lowest BCUT2D eigenvalue weighted by Crippen LogP contribution is -2.47. The number of nitrogens with zero attached hydrogens (tertiary/aromatic N) is 2. The van der Waals surface area contributed by atoms with Gasteiger partial charge in [0.1, 0.15) is 5.56 Å². The number of nitro groups is 1. The Balaban J connectivity index is 2.38. The van der Waals surface area contributed by atoms with Crippen LogP contribution in [0.3, 0.4) is 0 Å². The molecule has 0 bridgehead atoms. The van der Waals surface area contributed by atoms with Gasteiger partial charge in [-0.15, -0.1) is 6.42 Å². The van der Waals surface area contributed by atoms with Gasteiger partial charge in [0, 0.05) is 24.6 Å². The third-order valence-electron chi connectivity index (χ3n) is 2.69. The van der Waals surface area contributed by atoms with Crippen LogP contribution in [0.25, 0.3) is 0 Å². The summed E-state index contributed by atoms with van der Waals surface area (Å²) in [5.41, 5.74) is -0.114. The first-order valence-corrected chi connectivity index (χ1v) is 5.14. The highest BCUT2D eigenvalue weighted by Gasteiger charge is 2.31. The molecule has 0 radical (unpaired) electrons. The number of hydrogen-bond acceptors (Lipinski definition) is 4. The van der Waals surface area contributed by atoms with Crippen LogP contribution in [0.2, 0.25) is 0 Å². The lowest BCUT2D eigenvalue weighted by molar-refractivity contribution is -0.385. The van der Waals surface area contributed by atoms with Gasteiger partial charge in [-0.05, 0) is 12.1 Å². The Bertz CT molecular complexity index is 601. The molecule has 0 N–H and O–H groups in total. The van der Waals surface area contributed by atoms with E-state index in [2.05, 4.69) is 5.92 Å². The van der Waals surface area contributed by atoms with Crippen LogP contribution in [0.5, 0.6) is 0 Å². The predicted molar refractivity (Wildman–Crippen MR) is 61.7 cm³/mol. The van der Waals surface area contributed by atoms with Gasteiger partial charge in [-0.3, -0.25) is 24.6 Å². The fourth-order valence-corrected chi connectivity index (χ4v) is 1.62. The Hall–Kier alpha value is -2.68. The number of hydrogen-bond donors (Lipinski definition) is 0. The van der Waals surface area contributed by atoms with Gasteiger partial charge in [-0.2, -0.15) is 0 Å².